The van der Waals surface area contributed by atoms with E-state index >= 15 is 0 Å². The molecule has 0 aliphatic heterocycles. The lowest BCUT2D eigenvalue weighted by Crippen LogP contribution is -2.48. The molecule has 5 N–H and O–H groups in total. The molecule has 0 aliphatic rings. The fourth-order valence-electron chi connectivity index (χ4n) is 10.6. The molecule has 1 unspecified atom stereocenters. The molecule has 3 amide bonds. The summed E-state index contributed by atoms with van der Waals surface area (Å²) in [4.78, 5) is 110. The van der Waals surface area contributed by atoms with Gasteiger partial charge in [-0.3, -0.25) is 33.3 Å². The van der Waals surface area contributed by atoms with E-state index in [-0.39, 0.29) is 69.5 Å². The summed E-state index contributed by atoms with van der Waals surface area (Å²) < 4.78 is 33.8. The van der Waals surface area contributed by atoms with Crippen LogP contribution in [0, 0.1) is 0 Å². The Morgan fingerprint density at radius 3 is 1.20 bits per heavy atom. The molecule has 498 valence electrons. The highest BCUT2D eigenvalue weighted by atomic mass is 31.2. The Labute approximate surface area is 516 Å². The van der Waals surface area contributed by atoms with Crippen molar-refractivity contribution in [2.75, 3.05) is 19.8 Å². The Bertz CT molecular complexity index is 1700. The lowest BCUT2D eigenvalue weighted by Gasteiger charge is -2.23. The molecule has 0 saturated carbocycles. The van der Waals surface area contributed by atoms with E-state index in [1.54, 1.807) is 0 Å². The number of nitrogens with one attached hydrogen (secondary N) is 3. The van der Waals surface area contributed by atoms with Gasteiger partial charge in [-0.2, -0.15) is 0 Å². The van der Waals surface area contributed by atoms with Crippen LogP contribution in [-0.2, 0) is 56.9 Å². The predicted molar refractivity (Wildman–Crippen MR) is 341 cm³/mol. The summed E-state index contributed by atoms with van der Waals surface area (Å²) >= 11 is 0. The Morgan fingerprint density at radius 2 is 0.800 bits per heavy atom. The SMILES string of the molecule is CCCCCCCCCCCC(=O)O[C@H](CCCCCCCCCCC)CC(=O)NC(CCOP(=O)(O)O)C(=O)NCCC[C@H](COC(=O)CCCCC=O)NC(=O)C[C@@H](CCCCCCCCCCC)OC(=O)CCCCCCCCCCC. The third-order valence-corrected chi connectivity index (χ3v) is 16.3. The van der Waals surface area contributed by atoms with Gasteiger partial charge in [-0.05, 0) is 64.2 Å². The quantitative estimate of drug-likeness (QED) is 0.0125. The number of esters is 3. The summed E-state index contributed by atoms with van der Waals surface area (Å²) in [7, 11) is -4.90. The van der Waals surface area contributed by atoms with Gasteiger partial charge in [-0.15, -0.1) is 0 Å². The lowest BCUT2D eigenvalue weighted by atomic mass is 10.0. The van der Waals surface area contributed by atoms with Crippen molar-refractivity contribution < 1.29 is 66.6 Å². The largest absolute Gasteiger partial charge is 0.469 e. The van der Waals surface area contributed by atoms with Crippen molar-refractivity contribution >= 4 is 49.7 Å². The van der Waals surface area contributed by atoms with Crippen molar-refractivity contribution in [1.82, 2.24) is 16.0 Å². The summed E-state index contributed by atoms with van der Waals surface area (Å²) in [5, 5.41) is 8.50. The first-order valence-corrected chi connectivity index (χ1v) is 36.2. The van der Waals surface area contributed by atoms with Gasteiger partial charge in [0.25, 0.3) is 0 Å². The third-order valence-electron chi connectivity index (χ3n) is 15.8. The number of carbonyl (C=O) groups excluding carboxylic acids is 7. The average molecular weight is 1230 g/mol. The minimum Gasteiger partial charge on any atom is -0.463 e. The van der Waals surface area contributed by atoms with Gasteiger partial charge >= 0.3 is 25.7 Å². The molecule has 0 radical (unpaired) electrons. The molecule has 0 heterocycles. The zero-order valence-corrected chi connectivity index (χ0v) is 55.3. The van der Waals surface area contributed by atoms with Gasteiger partial charge in [0.1, 0.15) is 31.1 Å². The van der Waals surface area contributed by atoms with E-state index in [1.807, 2.05) is 0 Å². The van der Waals surface area contributed by atoms with Crippen LogP contribution in [0.5, 0.6) is 0 Å². The highest BCUT2D eigenvalue weighted by Crippen LogP contribution is 2.35. The van der Waals surface area contributed by atoms with Crippen molar-refractivity contribution in [3.05, 3.63) is 0 Å². The van der Waals surface area contributed by atoms with Crippen LogP contribution in [0.3, 0.4) is 0 Å². The molecule has 0 spiro atoms. The summed E-state index contributed by atoms with van der Waals surface area (Å²) in [6.45, 7) is 8.18. The summed E-state index contributed by atoms with van der Waals surface area (Å²) in [5.41, 5.74) is 0. The number of aldehydes is 1. The van der Waals surface area contributed by atoms with Gasteiger partial charge in [0.2, 0.25) is 17.7 Å². The zero-order valence-electron chi connectivity index (χ0n) is 54.4. The van der Waals surface area contributed by atoms with E-state index in [2.05, 4.69) is 48.2 Å². The number of hydrogen-bond donors (Lipinski definition) is 5. The fraction of sp³-hybridized carbons (Fsp3) is 0.896. The standard InChI is InChI=1S/C67H126N3O14P/c1-5-9-13-17-21-25-29-33-38-46-59(83-65(75)49-40-35-31-27-23-19-15-11-7-3)55-62(72)69-58(57-81-64(74)48-42-37-43-53-71)45-44-52-68-67(77)61(51-54-82-85(78,79)80)70-63(73)56-60(47-39-34-30-26-22-18-14-10-6-2)84-66(76)50-41-36-32-28-24-20-16-12-8-4/h53,58-61H,5-52,54-57H2,1-4H3,(H,68,77)(H,69,72)(H,70,73)(H2,78,79,80)/t58-,59-,60-,61?/m1/s1. The van der Waals surface area contributed by atoms with Crippen molar-refractivity contribution in [1.29, 1.82) is 0 Å². The molecule has 0 fully saturated rings. The molecule has 4 atom stereocenters. The second-order valence-electron chi connectivity index (χ2n) is 24.0. The van der Waals surface area contributed by atoms with E-state index in [0.29, 0.717) is 51.4 Å². The Hall–Kier alpha value is -3.40. The van der Waals surface area contributed by atoms with Gasteiger partial charge < -0.3 is 44.7 Å². The van der Waals surface area contributed by atoms with Crippen LogP contribution >= 0.6 is 7.82 Å². The van der Waals surface area contributed by atoms with Gasteiger partial charge in [-0.25, -0.2) is 4.57 Å². The van der Waals surface area contributed by atoms with Gasteiger partial charge in [-0.1, -0.05) is 233 Å². The number of phosphoric ester groups is 1. The highest BCUT2D eigenvalue weighted by Gasteiger charge is 2.27. The van der Waals surface area contributed by atoms with E-state index in [0.717, 1.165) is 103 Å². The van der Waals surface area contributed by atoms with Gasteiger partial charge in [0.15, 0.2) is 0 Å². The topological polar surface area (TPSA) is 250 Å². The van der Waals surface area contributed by atoms with Crippen LogP contribution < -0.4 is 16.0 Å². The molecular formula is C67H126N3O14P. The summed E-state index contributed by atoms with van der Waals surface area (Å²) in [6.07, 6.45) is 42.5. The van der Waals surface area contributed by atoms with E-state index in [4.69, 9.17) is 14.2 Å². The molecule has 0 saturated heterocycles. The normalized spacial score (nSPS) is 12.9. The van der Waals surface area contributed by atoms with Crippen LogP contribution in [0.25, 0.3) is 0 Å². The maximum Gasteiger partial charge on any atom is 0.469 e. The number of rotatable bonds is 64. The van der Waals surface area contributed by atoms with Crippen molar-refractivity contribution in [3.63, 3.8) is 0 Å². The Balaban J connectivity index is 5.99. The van der Waals surface area contributed by atoms with E-state index in [1.165, 1.54) is 128 Å². The van der Waals surface area contributed by atoms with Gasteiger partial charge in [0.05, 0.1) is 25.5 Å². The second kappa shape index (κ2) is 59.6. The Morgan fingerprint density at radius 1 is 0.435 bits per heavy atom. The number of ether oxygens (including phenoxy) is 3. The van der Waals surface area contributed by atoms with Crippen LogP contribution in [-0.4, -0.2) is 95.8 Å². The van der Waals surface area contributed by atoms with Gasteiger partial charge in [0, 0.05) is 38.6 Å². The number of carbonyl (C=O) groups is 7. The van der Waals surface area contributed by atoms with E-state index < -0.39 is 56.5 Å². The van der Waals surface area contributed by atoms with Crippen molar-refractivity contribution in [2.45, 2.75) is 367 Å². The minimum atomic E-state index is -4.90. The molecule has 85 heavy (non-hydrogen) atoms. The predicted octanol–water partition coefficient (Wildman–Crippen LogP) is 15.9. The molecule has 0 aliphatic carbocycles. The number of amides is 3. The molecule has 0 bridgehead atoms. The fourth-order valence-corrected chi connectivity index (χ4v) is 10.9. The van der Waals surface area contributed by atoms with Crippen LogP contribution in [0.2, 0.25) is 0 Å². The molecule has 17 nitrogen and oxygen atoms in total. The van der Waals surface area contributed by atoms with E-state index in [9.17, 15) is 47.9 Å². The Kier molecular flexibility index (Phi) is 57.2. The molecule has 0 rings (SSSR count). The third kappa shape index (κ3) is 56.8. The smallest absolute Gasteiger partial charge is 0.463 e. The molecule has 18 heteroatoms. The monoisotopic (exact) mass is 1230 g/mol. The number of unbranched alkanes of at least 4 members (excludes halogenated alkanes) is 34. The first-order chi connectivity index (χ1) is 41.2. The molecular weight excluding hydrogens is 1100 g/mol. The second-order valence-corrected chi connectivity index (χ2v) is 25.3. The van der Waals surface area contributed by atoms with Crippen molar-refractivity contribution in [2.24, 2.45) is 0 Å². The summed E-state index contributed by atoms with van der Waals surface area (Å²) in [6, 6.07) is -1.93. The summed E-state index contributed by atoms with van der Waals surface area (Å²) in [5.74, 6) is -2.72. The first kappa shape index (κ1) is 81.6. The molecule has 0 aromatic carbocycles. The first-order valence-electron chi connectivity index (χ1n) is 34.7. The van der Waals surface area contributed by atoms with Crippen LogP contribution in [0.15, 0.2) is 0 Å². The number of phosphoric acid groups is 1. The zero-order chi connectivity index (χ0) is 62.7. The number of hydrogen-bond acceptors (Lipinski definition) is 12. The molecule has 0 aromatic heterocycles. The maximum absolute atomic E-state index is 13.8. The minimum absolute atomic E-state index is 0.0615. The van der Waals surface area contributed by atoms with Crippen LogP contribution in [0.4, 0.5) is 0 Å². The highest BCUT2D eigenvalue weighted by molar-refractivity contribution is 7.46. The molecule has 0 aromatic rings. The lowest BCUT2D eigenvalue weighted by molar-refractivity contribution is -0.152. The van der Waals surface area contributed by atoms with Crippen molar-refractivity contribution in [3.8, 4) is 0 Å². The van der Waals surface area contributed by atoms with Crippen LogP contribution in [0.1, 0.15) is 342 Å². The average Bonchev–Trinajstić information content (AvgIpc) is 3.51. The maximum atomic E-state index is 13.8.